The number of hydrogen-bond acceptors (Lipinski definition) is 2. The van der Waals surface area contributed by atoms with Crippen molar-refractivity contribution < 1.29 is 9.59 Å². The summed E-state index contributed by atoms with van der Waals surface area (Å²) < 4.78 is 0. The van der Waals surface area contributed by atoms with Crippen molar-refractivity contribution >= 4 is 35.1 Å². The van der Waals surface area contributed by atoms with E-state index in [-0.39, 0.29) is 18.5 Å². The molecule has 2 aromatic rings. The van der Waals surface area contributed by atoms with Crippen LogP contribution in [-0.4, -0.2) is 18.5 Å². The molecular weight excluding hydrogens is 361 g/mol. The van der Waals surface area contributed by atoms with Crippen molar-refractivity contribution in [1.29, 1.82) is 0 Å². The lowest BCUT2D eigenvalue weighted by atomic mass is 10.1. The van der Waals surface area contributed by atoms with Crippen molar-refractivity contribution in [2.75, 3.05) is 6.54 Å². The van der Waals surface area contributed by atoms with Gasteiger partial charge in [0.25, 0.3) is 0 Å². The second-order valence-corrected chi connectivity index (χ2v) is 6.32. The van der Waals surface area contributed by atoms with Crippen LogP contribution in [0.2, 0.25) is 10.0 Å². The number of carbonyl (C=O) groups excluding carboxylic acids is 2. The number of hydrogen-bond donors (Lipinski definition) is 3. The molecule has 0 unspecified atom stereocenters. The van der Waals surface area contributed by atoms with E-state index in [0.717, 1.165) is 11.1 Å². The summed E-state index contributed by atoms with van der Waals surface area (Å²) in [5, 5.41) is 8.99. The number of amides is 3. The maximum absolute atomic E-state index is 12.0. The molecule has 0 radical (unpaired) electrons. The molecule has 0 aliphatic carbocycles. The van der Waals surface area contributed by atoms with Crippen molar-refractivity contribution in [2.24, 2.45) is 0 Å². The minimum Gasteiger partial charge on any atom is -0.348 e. The minimum atomic E-state index is -0.406. The Kier molecular flexibility index (Phi) is 7.10. The molecule has 25 heavy (non-hydrogen) atoms. The molecule has 1 atom stereocenters. The summed E-state index contributed by atoms with van der Waals surface area (Å²) in [4.78, 5) is 23.7. The van der Waals surface area contributed by atoms with Gasteiger partial charge in [-0.05, 0) is 30.2 Å². The number of benzene rings is 2. The van der Waals surface area contributed by atoms with Gasteiger partial charge in [-0.3, -0.25) is 4.79 Å². The van der Waals surface area contributed by atoms with E-state index in [4.69, 9.17) is 23.2 Å². The molecule has 7 heteroatoms. The van der Waals surface area contributed by atoms with Gasteiger partial charge in [-0.25, -0.2) is 4.79 Å². The van der Waals surface area contributed by atoms with Gasteiger partial charge in [0.05, 0.1) is 12.6 Å². The smallest absolute Gasteiger partial charge is 0.315 e. The van der Waals surface area contributed by atoms with Crippen LogP contribution in [0.1, 0.15) is 24.1 Å². The zero-order valence-corrected chi connectivity index (χ0v) is 15.2. The average molecular weight is 380 g/mol. The highest BCUT2D eigenvalue weighted by Crippen LogP contribution is 2.25. The van der Waals surface area contributed by atoms with Crippen LogP contribution >= 0.6 is 23.2 Å². The predicted octanol–water partition coefficient (Wildman–Crippen LogP) is 3.67. The second-order valence-electron chi connectivity index (χ2n) is 5.48. The van der Waals surface area contributed by atoms with Gasteiger partial charge < -0.3 is 16.0 Å². The predicted molar refractivity (Wildman–Crippen MR) is 99.7 cm³/mol. The summed E-state index contributed by atoms with van der Waals surface area (Å²) in [7, 11) is 0. The lowest BCUT2D eigenvalue weighted by Gasteiger charge is -2.16. The maximum atomic E-state index is 12.0. The highest BCUT2D eigenvalue weighted by atomic mass is 35.5. The summed E-state index contributed by atoms with van der Waals surface area (Å²) >= 11 is 12.0. The Labute approximate surface area is 156 Å². The molecule has 0 saturated carbocycles. The number of nitrogens with one attached hydrogen (secondary N) is 3. The molecular formula is C18H19Cl2N3O2. The first-order valence-corrected chi connectivity index (χ1v) is 8.51. The molecule has 2 aromatic carbocycles. The van der Waals surface area contributed by atoms with Crippen molar-refractivity contribution in [3.8, 4) is 0 Å². The quantitative estimate of drug-likeness (QED) is 0.716. The Balaban J connectivity index is 1.75. The molecule has 0 aromatic heterocycles. The Morgan fingerprint density at radius 1 is 1.04 bits per heavy atom. The SMILES string of the molecule is C[C@H](NC(=O)CNC(=O)NCc1ccccc1)c1ccc(Cl)cc1Cl. The lowest BCUT2D eigenvalue weighted by molar-refractivity contribution is -0.120. The lowest BCUT2D eigenvalue weighted by Crippen LogP contribution is -2.42. The standard InChI is InChI=1S/C18H19Cl2N3O2/c1-12(15-8-7-14(19)9-16(15)20)23-17(24)11-22-18(25)21-10-13-5-3-2-4-6-13/h2-9,12H,10-11H2,1H3,(H,23,24)(H2,21,22,25)/t12-/m0/s1. The maximum Gasteiger partial charge on any atom is 0.315 e. The topological polar surface area (TPSA) is 70.2 Å². The van der Waals surface area contributed by atoms with E-state index in [9.17, 15) is 9.59 Å². The van der Waals surface area contributed by atoms with Gasteiger partial charge in [0.2, 0.25) is 5.91 Å². The summed E-state index contributed by atoms with van der Waals surface area (Å²) in [6.07, 6.45) is 0. The molecule has 0 fully saturated rings. The van der Waals surface area contributed by atoms with Crippen LogP contribution in [0.3, 0.4) is 0 Å². The minimum absolute atomic E-state index is 0.129. The number of carbonyl (C=O) groups is 2. The summed E-state index contributed by atoms with van der Waals surface area (Å²) in [5.41, 5.74) is 1.74. The third-order valence-electron chi connectivity index (χ3n) is 3.51. The van der Waals surface area contributed by atoms with Crippen molar-refractivity contribution in [3.63, 3.8) is 0 Å². The van der Waals surface area contributed by atoms with Crippen LogP contribution < -0.4 is 16.0 Å². The Hall–Kier alpha value is -2.24. The van der Waals surface area contributed by atoms with Crippen LogP contribution in [0.5, 0.6) is 0 Å². The van der Waals surface area contributed by atoms with E-state index in [1.807, 2.05) is 37.3 Å². The third-order valence-corrected chi connectivity index (χ3v) is 4.07. The monoisotopic (exact) mass is 379 g/mol. The Morgan fingerprint density at radius 2 is 1.76 bits per heavy atom. The van der Waals surface area contributed by atoms with E-state index < -0.39 is 6.03 Å². The van der Waals surface area contributed by atoms with E-state index >= 15 is 0 Å². The van der Waals surface area contributed by atoms with Gasteiger partial charge in [-0.15, -0.1) is 0 Å². The van der Waals surface area contributed by atoms with Crippen LogP contribution in [0, 0.1) is 0 Å². The fraction of sp³-hybridized carbons (Fsp3) is 0.222. The molecule has 3 N–H and O–H groups in total. The second kappa shape index (κ2) is 9.30. The Morgan fingerprint density at radius 3 is 2.44 bits per heavy atom. The average Bonchev–Trinajstić information content (AvgIpc) is 2.59. The van der Waals surface area contributed by atoms with Crippen LogP contribution in [0.25, 0.3) is 0 Å². The summed E-state index contributed by atoms with van der Waals surface area (Å²) in [5.74, 6) is -0.312. The fourth-order valence-corrected chi connectivity index (χ4v) is 2.80. The van der Waals surface area contributed by atoms with Gasteiger partial charge in [0, 0.05) is 16.6 Å². The van der Waals surface area contributed by atoms with E-state index in [0.29, 0.717) is 16.6 Å². The van der Waals surface area contributed by atoms with Gasteiger partial charge in [-0.2, -0.15) is 0 Å². The fourth-order valence-electron chi connectivity index (χ4n) is 2.22. The van der Waals surface area contributed by atoms with Crippen molar-refractivity contribution in [1.82, 2.24) is 16.0 Å². The molecule has 0 bridgehead atoms. The molecule has 0 aliphatic heterocycles. The van der Waals surface area contributed by atoms with E-state index in [2.05, 4.69) is 16.0 Å². The third kappa shape index (κ3) is 6.29. The number of halogens is 2. The molecule has 0 saturated heterocycles. The molecule has 132 valence electrons. The molecule has 3 amide bonds. The largest absolute Gasteiger partial charge is 0.348 e. The Bertz CT molecular complexity index is 738. The number of rotatable bonds is 6. The van der Waals surface area contributed by atoms with Crippen LogP contribution in [0.15, 0.2) is 48.5 Å². The first-order chi connectivity index (χ1) is 12.0. The molecule has 0 spiro atoms. The molecule has 0 aliphatic rings. The van der Waals surface area contributed by atoms with Crippen LogP contribution in [0.4, 0.5) is 4.79 Å². The zero-order chi connectivity index (χ0) is 18.2. The first-order valence-electron chi connectivity index (χ1n) is 7.75. The van der Waals surface area contributed by atoms with Crippen molar-refractivity contribution in [2.45, 2.75) is 19.5 Å². The van der Waals surface area contributed by atoms with Gasteiger partial charge in [0.1, 0.15) is 0 Å². The summed E-state index contributed by atoms with van der Waals surface area (Å²) in [6.45, 7) is 2.07. The molecule has 0 heterocycles. The van der Waals surface area contributed by atoms with Gasteiger partial charge in [0.15, 0.2) is 0 Å². The van der Waals surface area contributed by atoms with Crippen LogP contribution in [-0.2, 0) is 11.3 Å². The highest BCUT2D eigenvalue weighted by Gasteiger charge is 2.13. The van der Waals surface area contributed by atoms with Crippen molar-refractivity contribution in [3.05, 3.63) is 69.7 Å². The summed E-state index contributed by atoms with van der Waals surface area (Å²) in [6, 6.07) is 13.9. The molecule has 2 rings (SSSR count). The number of urea groups is 1. The van der Waals surface area contributed by atoms with Gasteiger partial charge in [-0.1, -0.05) is 59.6 Å². The normalized spacial score (nSPS) is 11.5. The zero-order valence-electron chi connectivity index (χ0n) is 13.7. The van der Waals surface area contributed by atoms with E-state index in [1.165, 1.54) is 0 Å². The molecule has 5 nitrogen and oxygen atoms in total. The highest BCUT2D eigenvalue weighted by molar-refractivity contribution is 6.35. The van der Waals surface area contributed by atoms with Gasteiger partial charge >= 0.3 is 6.03 Å². The first kappa shape index (κ1) is 19.1. The van der Waals surface area contributed by atoms with E-state index in [1.54, 1.807) is 18.2 Å².